The molecule has 1 aromatic heterocycles. The van der Waals surface area contributed by atoms with Gasteiger partial charge in [-0.05, 0) is 30.3 Å². The summed E-state index contributed by atoms with van der Waals surface area (Å²) in [5.41, 5.74) is 6.95. The molecule has 2 rings (SSSR count). The number of nitrogens with two attached hydrogens (primary N) is 1. The summed E-state index contributed by atoms with van der Waals surface area (Å²) in [5, 5.41) is 3.07. The predicted octanol–water partition coefficient (Wildman–Crippen LogP) is 2.62. The molecule has 1 aromatic carbocycles. The van der Waals surface area contributed by atoms with Gasteiger partial charge in [-0.2, -0.15) is 0 Å². The second-order valence-corrected chi connectivity index (χ2v) is 4.62. The van der Waals surface area contributed by atoms with E-state index in [1.165, 1.54) is 0 Å². The Morgan fingerprint density at radius 1 is 1.24 bits per heavy atom. The maximum atomic E-state index is 5.50. The molecule has 86 valence electrons. The van der Waals surface area contributed by atoms with Gasteiger partial charge in [-0.3, -0.25) is 0 Å². The summed E-state index contributed by atoms with van der Waals surface area (Å²) in [4.78, 5) is 8.54. The molecule has 0 unspecified atom stereocenters. The number of aromatic nitrogens is 2. The lowest BCUT2D eigenvalue weighted by molar-refractivity contribution is 1.15. The van der Waals surface area contributed by atoms with Crippen molar-refractivity contribution in [3.05, 3.63) is 46.7 Å². The Balaban J connectivity index is 2.21. The highest BCUT2D eigenvalue weighted by Crippen LogP contribution is 2.16. The number of nitrogens with one attached hydrogen (secondary N) is 1. The first kappa shape index (κ1) is 11.9. The third-order valence-corrected chi connectivity index (χ3v) is 2.75. The summed E-state index contributed by atoms with van der Waals surface area (Å²) in [6.07, 6.45) is 1.61. The van der Waals surface area contributed by atoms with Crippen molar-refractivity contribution in [3.8, 4) is 0 Å². The fraction of sp³-hybridized carbons (Fsp3) is 0. The lowest BCUT2D eigenvalue weighted by Crippen LogP contribution is -2.12. The quantitative estimate of drug-likeness (QED) is 0.853. The van der Waals surface area contributed by atoms with Gasteiger partial charge in [0.25, 0.3) is 0 Å². The van der Waals surface area contributed by atoms with Crippen molar-refractivity contribution < 1.29 is 0 Å². The summed E-state index contributed by atoms with van der Waals surface area (Å²) < 4.78 is 1.01. The molecule has 0 aliphatic carbocycles. The van der Waals surface area contributed by atoms with Gasteiger partial charge in [0.2, 0.25) is 5.95 Å². The zero-order valence-electron chi connectivity index (χ0n) is 8.72. The van der Waals surface area contributed by atoms with Crippen molar-refractivity contribution in [1.29, 1.82) is 0 Å². The number of thiocarbonyl (C=S) groups is 1. The van der Waals surface area contributed by atoms with Crippen LogP contribution in [-0.4, -0.2) is 15.0 Å². The van der Waals surface area contributed by atoms with Crippen molar-refractivity contribution in [1.82, 2.24) is 9.97 Å². The number of benzene rings is 1. The Morgan fingerprint density at radius 3 is 2.59 bits per heavy atom. The second-order valence-electron chi connectivity index (χ2n) is 3.26. The van der Waals surface area contributed by atoms with E-state index >= 15 is 0 Å². The van der Waals surface area contributed by atoms with Crippen LogP contribution < -0.4 is 11.1 Å². The monoisotopic (exact) mass is 308 g/mol. The average molecular weight is 309 g/mol. The minimum atomic E-state index is 0.256. The summed E-state index contributed by atoms with van der Waals surface area (Å²) >= 11 is 8.23. The molecular formula is C11H9BrN4S. The van der Waals surface area contributed by atoms with Gasteiger partial charge >= 0.3 is 0 Å². The third-order valence-electron chi connectivity index (χ3n) is 2.01. The average Bonchev–Trinajstić information content (AvgIpc) is 2.32. The molecule has 6 heteroatoms. The largest absolute Gasteiger partial charge is 0.388 e. The number of hydrogen-bond acceptors (Lipinski definition) is 4. The molecule has 1 heterocycles. The molecule has 0 fully saturated rings. The smallest absolute Gasteiger partial charge is 0.227 e. The molecule has 17 heavy (non-hydrogen) atoms. The first-order chi connectivity index (χ1) is 8.15. The zero-order chi connectivity index (χ0) is 12.3. The molecule has 0 aliphatic rings. The minimum absolute atomic E-state index is 0.256. The van der Waals surface area contributed by atoms with Gasteiger partial charge in [0.05, 0.1) is 0 Å². The fourth-order valence-electron chi connectivity index (χ4n) is 1.22. The molecule has 0 atom stereocenters. The van der Waals surface area contributed by atoms with Crippen LogP contribution in [0.15, 0.2) is 41.0 Å². The van der Waals surface area contributed by atoms with Crippen LogP contribution in [0.4, 0.5) is 11.6 Å². The van der Waals surface area contributed by atoms with Gasteiger partial charge in [-0.1, -0.05) is 28.1 Å². The lowest BCUT2D eigenvalue weighted by Gasteiger charge is -2.05. The van der Waals surface area contributed by atoms with Crippen LogP contribution in [0.3, 0.4) is 0 Å². The van der Waals surface area contributed by atoms with Crippen molar-refractivity contribution in [3.63, 3.8) is 0 Å². The van der Waals surface area contributed by atoms with Gasteiger partial charge in [0.1, 0.15) is 10.7 Å². The number of rotatable bonds is 3. The van der Waals surface area contributed by atoms with E-state index in [2.05, 4.69) is 31.2 Å². The van der Waals surface area contributed by atoms with E-state index in [-0.39, 0.29) is 4.99 Å². The van der Waals surface area contributed by atoms with Crippen molar-refractivity contribution in [2.24, 2.45) is 5.73 Å². The minimum Gasteiger partial charge on any atom is -0.388 e. The Hall–Kier alpha value is -1.53. The maximum absolute atomic E-state index is 5.50. The molecule has 2 aromatic rings. The lowest BCUT2D eigenvalue weighted by atomic mass is 10.3. The van der Waals surface area contributed by atoms with Gasteiger partial charge in [-0.25, -0.2) is 9.97 Å². The molecule has 0 amide bonds. The Bertz CT molecular complexity index is 541. The highest BCUT2D eigenvalue weighted by molar-refractivity contribution is 9.10. The van der Waals surface area contributed by atoms with Gasteiger partial charge in [0, 0.05) is 16.4 Å². The van der Waals surface area contributed by atoms with Crippen molar-refractivity contribution >= 4 is 44.8 Å². The van der Waals surface area contributed by atoms with Gasteiger partial charge in [0.15, 0.2) is 0 Å². The van der Waals surface area contributed by atoms with Gasteiger partial charge < -0.3 is 11.1 Å². The molecular weight excluding hydrogens is 300 g/mol. The molecule has 0 spiro atoms. The van der Waals surface area contributed by atoms with E-state index in [1.54, 1.807) is 12.3 Å². The third kappa shape index (κ3) is 3.21. The number of nitrogens with zero attached hydrogens (tertiary/aromatic N) is 2. The number of anilines is 2. The molecule has 4 nitrogen and oxygen atoms in total. The molecule has 0 bridgehead atoms. The number of hydrogen-bond donors (Lipinski definition) is 2. The predicted molar refractivity (Wildman–Crippen MR) is 75.3 cm³/mol. The van der Waals surface area contributed by atoms with E-state index in [0.717, 1.165) is 10.2 Å². The van der Waals surface area contributed by atoms with Crippen LogP contribution in [0, 0.1) is 0 Å². The van der Waals surface area contributed by atoms with Crippen LogP contribution >= 0.6 is 28.1 Å². The topological polar surface area (TPSA) is 63.8 Å². The van der Waals surface area contributed by atoms with Crippen LogP contribution in [-0.2, 0) is 0 Å². The van der Waals surface area contributed by atoms with Crippen LogP contribution in [0.1, 0.15) is 5.69 Å². The fourth-order valence-corrected chi connectivity index (χ4v) is 1.60. The molecule has 0 radical (unpaired) electrons. The first-order valence-corrected chi connectivity index (χ1v) is 6.01. The summed E-state index contributed by atoms with van der Waals surface area (Å²) in [6.45, 7) is 0. The van der Waals surface area contributed by atoms with Crippen LogP contribution in [0.2, 0.25) is 0 Å². The Kier molecular flexibility index (Phi) is 3.65. The highest BCUT2D eigenvalue weighted by Gasteiger charge is 2.01. The van der Waals surface area contributed by atoms with E-state index in [0.29, 0.717) is 11.6 Å². The standard InChI is InChI=1S/C11H9BrN4S/c12-7-1-3-8(4-2-7)15-11-14-6-5-9(16-11)10(13)17/h1-6H,(H2,13,17)(H,14,15,16). The van der Waals surface area contributed by atoms with E-state index in [1.807, 2.05) is 24.3 Å². The van der Waals surface area contributed by atoms with Crippen molar-refractivity contribution in [2.75, 3.05) is 5.32 Å². The summed E-state index contributed by atoms with van der Waals surface area (Å²) in [5.74, 6) is 0.470. The molecule has 0 aliphatic heterocycles. The summed E-state index contributed by atoms with van der Waals surface area (Å²) in [7, 11) is 0. The maximum Gasteiger partial charge on any atom is 0.227 e. The number of halogens is 1. The summed E-state index contributed by atoms with van der Waals surface area (Å²) in [6, 6.07) is 9.37. The zero-order valence-corrected chi connectivity index (χ0v) is 11.1. The van der Waals surface area contributed by atoms with E-state index in [9.17, 15) is 0 Å². The van der Waals surface area contributed by atoms with E-state index < -0.39 is 0 Å². The SMILES string of the molecule is NC(=S)c1ccnc(Nc2ccc(Br)cc2)n1. The van der Waals surface area contributed by atoms with E-state index in [4.69, 9.17) is 18.0 Å². The van der Waals surface area contributed by atoms with Crippen molar-refractivity contribution in [2.45, 2.75) is 0 Å². The Labute approximate surface area is 112 Å². The second kappa shape index (κ2) is 5.20. The van der Waals surface area contributed by atoms with Crippen LogP contribution in [0.5, 0.6) is 0 Å². The molecule has 3 N–H and O–H groups in total. The Morgan fingerprint density at radius 2 is 1.94 bits per heavy atom. The normalized spacial score (nSPS) is 9.94. The molecule has 0 saturated heterocycles. The van der Waals surface area contributed by atoms with Gasteiger partial charge in [-0.15, -0.1) is 0 Å². The van der Waals surface area contributed by atoms with Crippen LogP contribution in [0.25, 0.3) is 0 Å². The first-order valence-electron chi connectivity index (χ1n) is 4.80. The highest BCUT2D eigenvalue weighted by atomic mass is 79.9. The molecule has 0 saturated carbocycles.